The normalized spacial score (nSPS) is 23.6. The minimum Gasteiger partial charge on any atom is -0.390 e. The molecule has 0 spiro atoms. The molecule has 0 radical (unpaired) electrons. The molecule has 3 aromatic carbocycles. The average Bonchev–Trinajstić information content (AvgIpc) is 3.24. The summed E-state index contributed by atoms with van der Waals surface area (Å²) >= 11 is 0. The molecular weight excluding hydrogens is 456 g/mol. The fraction of sp³-hybridized carbons (Fsp3) is 0.424. The first-order valence-electron chi connectivity index (χ1n) is 13.8. The Morgan fingerprint density at radius 3 is 2.38 bits per heavy atom. The Balaban J connectivity index is 1.27. The van der Waals surface area contributed by atoms with Crippen molar-refractivity contribution < 1.29 is 9.90 Å². The molecule has 0 heterocycles. The summed E-state index contributed by atoms with van der Waals surface area (Å²) in [6, 6.07) is 27.3. The molecular formula is C33H40N2O2. The summed E-state index contributed by atoms with van der Waals surface area (Å²) < 4.78 is 0. The minimum atomic E-state index is -0.556. The molecule has 194 valence electrons. The lowest BCUT2D eigenvalue weighted by molar-refractivity contribution is -0.128. The van der Waals surface area contributed by atoms with Crippen LogP contribution in [0.3, 0.4) is 0 Å². The topological polar surface area (TPSA) is 52.6 Å². The third kappa shape index (κ3) is 5.37. The molecule has 3 aromatic rings. The van der Waals surface area contributed by atoms with Crippen LogP contribution in [0.2, 0.25) is 0 Å². The van der Waals surface area contributed by atoms with E-state index in [0.717, 1.165) is 43.4 Å². The van der Waals surface area contributed by atoms with Crippen molar-refractivity contribution in [2.24, 2.45) is 5.92 Å². The van der Waals surface area contributed by atoms with Crippen LogP contribution in [-0.4, -0.2) is 29.1 Å². The lowest BCUT2D eigenvalue weighted by Crippen LogP contribution is -2.40. The predicted octanol–water partition coefficient (Wildman–Crippen LogP) is 6.10. The van der Waals surface area contributed by atoms with Gasteiger partial charge in [-0.25, -0.2) is 0 Å². The Hall–Kier alpha value is -2.95. The number of rotatable bonds is 7. The molecule has 4 heteroatoms. The molecule has 1 amide bonds. The second-order valence-corrected chi connectivity index (χ2v) is 11.5. The van der Waals surface area contributed by atoms with Crippen LogP contribution in [0.25, 0.3) is 0 Å². The van der Waals surface area contributed by atoms with Crippen molar-refractivity contribution in [1.82, 2.24) is 10.2 Å². The number of aliphatic hydroxyl groups excluding tert-OH is 1. The summed E-state index contributed by atoms with van der Waals surface area (Å²) in [6.07, 6.45) is 4.21. The standard InChI is InChI=1S/C33H40N2O2/c1-33(2,26-12-5-4-6-13-26)35(3)22-23-17-19-24(20-18-23)27-14-9-10-16-29(27)32(37)34-31-28-15-8-7-11-25(28)21-30(31)36/h4-8,11-13,15,17-20,27,29-31,36H,9-10,14,16,21-22H2,1-3H3,(H,34,37)/t27-,29+,30+,31-/m1/s1. The monoisotopic (exact) mass is 496 g/mol. The quantitative estimate of drug-likeness (QED) is 0.415. The number of hydrogen-bond donors (Lipinski definition) is 2. The highest BCUT2D eigenvalue weighted by Gasteiger charge is 2.37. The smallest absolute Gasteiger partial charge is 0.224 e. The van der Waals surface area contributed by atoms with E-state index in [4.69, 9.17) is 0 Å². The van der Waals surface area contributed by atoms with E-state index in [1.54, 1.807) is 0 Å². The van der Waals surface area contributed by atoms with Crippen LogP contribution in [0.4, 0.5) is 0 Å². The van der Waals surface area contributed by atoms with Gasteiger partial charge in [0.25, 0.3) is 0 Å². The first-order valence-corrected chi connectivity index (χ1v) is 13.8. The molecule has 37 heavy (non-hydrogen) atoms. The average molecular weight is 497 g/mol. The summed E-state index contributed by atoms with van der Waals surface area (Å²) in [4.78, 5) is 15.9. The largest absolute Gasteiger partial charge is 0.390 e. The summed E-state index contributed by atoms with van der Waals surface area (Å²) in [5, 5.41) is 13.9. The number of nitrogens with one attached hydrogen (secondary N) is 1. The molecule has 5 rings (SSSR count). The minimum absolute atomic E-state index is 0.0563. The maximum absolute atomic E-state index is 13.5. The molecule has 0 unspecified atom stereocenters. The number of amides is 1. The molecule has 2 aliphatic carbocycles. The van der Waals surface area contributed by atoms with E-state index in [1.165, 1.54) is 16.7 Å². The maximum Gasteiger partial charge on any atom is 0.224 e. The Labute approximate surface area is 221 Å². The fourth-order valence-corrected chi connectivity index (χ4v) is 6.26. The lowest BCUT2D eigenvalue weighted by Gasteiger charge is -2.36. The summed E-state index contributed by atoms with van der Waals surface area (Å²) in [7, 11) is 2.18. The zero-order chi connectivity index (χ0) is 26.0. The van der Waals surface area contributed by atoms with Gasteiger partial charge in [0.1, 0.15) is 0 Å². The maximum atomic E-state index is 13.5. The Kier molecular flexibility index (Phi) is 7.50. The molecule has 0 aromatic heterocycles. The molecule has 0 aliphatic heterocycles. The summed E-state index contributed by atoms with van der Waals surface area (Å²) in [5.41, 5.74) is 5.95. The fourth-order valence-electron chi connectivity index (χ4n) is 6.26. The van der Waals surface area contributed by atoms with Gasteiger partial charge in [0.15, 0.2) is 0 Å². The number of carbonyl (C=O) groups is 1. The van der Waals surface area contributed by atoms with Gasteiger partial charge in [0, 0.05) is 24.4 Å². The highest BCUT2D eigenvalue weighted by atomic mass is 16.3. The van der Waals surface area contributed by atoms with Gasteiger partial charge in [-0.15, -0.1) is 0 Å². The Bertz CT molecular complexity index is 1200. The second kappa shape index (κ2) is 10.8. The second-order valence-electron chi connectivity index (χ2n) is 11.5. The van der Waals surface area contributed by atoms with Gasteiger partial charge >= 0.3 is 0 Å². The van der Waals surface area contributed by atoms with Crippen LogP contribution in [0.1, 0.15) is 79.3 Å². The van der Waals surface area contributed by atoms with Crippen molar-refractivity contribution in [1.29, 1.82) is 0 Å². The molecule has 2 aliphatic rings. The zero-order valence-electron chi connectivity index (χ0n) is 22.4. The first-order chi connectivity index (χ1) is 17.8. The lowest BCUT2D eigenvalue weighted by atomic mass is 9.74. The molecule has 4 nitrogen and oxygen atoms in total. The molecule has 2 N–H and O–H groups in total. The van der Waals surface area contributed by atoms with Gasteiger partial charge < -0.3 is 10.4 Å². The van der Waals surface area contributed by atoms with Crippen molar-refractivity contribution in [3.63, 3.8) is 0 Å². The van der Waals surface area contributed by atoms with Gasteiger partial charge in [-0.2, -0.15) is 0 Å². The van der Waals surface area contributed by atoms with Gasteiger partial charge in [0.2, 0.25) is 5.91 Å². The van der Waals surface area contributed by atoms with Crippen LogP contribution >= 0.6 is 0 Å². The Morgan fingerprint density at radius 2 is 1.62 bits per heavy atom. The van der Waals surface area contributed by atoms with E-state index in [2.05, 4.69) is 85.7 Å². The van der Waals surface area contributed by atoms with Crippen molar-refractivity contribution in [2.75, 3.05) is 7.05 Å². The number of nitrogens with zero attached hydrogens (tertiary/aromatic N) is 1. The van der Waals surface area contributed by atoms with Gasteiger partial charge in [-0.1, -0.05) is 91.7 Å². The molecule has 4 atom stereocenters. The van der Waals surface area contributed by atoms with Crippen LogP contribution in [-0.2, 0) is 23.3 Å². The van der Waals surface area contributed by atoms with Crippen molar-refractivity contribution in [2.45, 2.75) is 76.1 Å². The highest BCUT2D eigenvalue weighted by Crippen LogP contribution is 2.40. The Morgan fingerprint density at radius 1 is 0.946 bits per heavy atom. The van der Waals surface area contributed by atoms with Crippen LogP contribution in [0, 0.1) is 5.92 Å². The third-order valence-corrected chi connectivity index (χ3v) is 8.87. The van der Waals surface area contributed by atoms with Crippen molar-refractivity contribution in [3.8, 4) is 0 Å². The number of hydrogen-bond acceptors (Lipinski definition) is 3. The van der Waals surface area contributed by atoms with E-state index < -0.39 is 6.10 Å². The summed E-state index contributed by atoms with van der Waals surface area (Å²) in [5.74, 6) is 0.244. The van der Waals surface area contributed by atoms with Gasteiger partial charge in [-0.3, -0.25) is 9.69 Å². The third-order valence-electron chi connectivity index (χ3n) is 8.87. The summed E-state index contributed by atoms with van der Waals surface area (Å²) in [6.45, 7) is 5.39. The number of benzene rings is 3. The predicted molar refractivity (Wildman–Crippen MR) is 149 cm³/mol. The van der Waals surface area contributed by atoms with Crippen LogP contribution in [0.5, 0.6) is 0 Å². The first kappa shape index (κ1) is 25.7. The van der Waals surface area contributed by atoms with Crippen LogP contribution in [0.15, 0.2) is 78.9 Å². The van der Waals surface area contributed by atoms with E-state index in [1.807, 2.05) is 24.3 Å². The molecule has 1 saturated carbocycles. The van der Waals surface area contributed by atoms with Crippen LogP contribution < -0.4 is 5.32 Å². The number of aliphatic hydroxyl groups is 1. The van der Waals surface area contributed by atoms with E-state index >= 15 is 0 Å². The van der Waals surface area contributed by atoms with Crippen molar-refractivity contribution in [3.05, 3.63) is 107 Å². The van der Waals surface area contributed by atoms with E-state index in [0.29, 0.717) is 6.42 Å². The van der Waals surface area contributed by atoms with Gasteiger partial charge in [0.05, 0.1) is 12.1 Å². The molecule has 0 bridgehead atoms. The number of carbonyl (C=O) groups excluding carboxylic acids is 1. The SMILES string of the molecule is CN(Cc1ccc([C@H]2CCCC[C@@H]2C(=O)N[C@@H]2c3ccccc3C[C@@H]2O)cc1)C(C)(C)c1ccccc1. The molecule has 0 saturated heterocycles. The van der Waals surface area contributed by atoms with E-state index in [-0.39, 0.29) is 29.3 Å². The highest BCUT2D eigenvalue weighted by molar-refractivity contribution is 5.80. The van der Waals surface area contributed by atoms with Crippen molar-refractivity contribution >= 4 is 5.91 Å². The zero-order valence-corrected chi connectivity index (χ0v) is 22.4. The van der Waals surface area contributed by atoms with Gasteiger partial charge in [-0.05, 0) is 67.5 Å². The van der Waals surface area contributed by atoms with E-state index in [9.17, 15) is 9.90 Å². The number of fused-ring (bicyclic) bond motifs is 1. The molecule has 1 fully saturated rings.